The van der Waals surface area contributed by atoms with Crippen LogP contribution in [0.15, 0.2) is 35.9 Å². The van der Waals surface area contributed by atoms with Crippen molar-refractivity contribution in [3.8, 4) is 18.2 Å². The number of carbonyl (C=O) groups excluding carboxylic acids is 1. The molecule has 0 aromatic heterocycles. The molecular formula is C20H16ClN5O. The molecule has 134 valence electrons. The number of carbonyl (C=O) groups is 1. The Morgan fingerprint density at radius 3 is 2.52 bits per heavy atom. The zero-order valence-corrected chi connectivity index (χ0v) is 15.4. The van der Waals surface area contributed by atoms with E-state index < -0.39 is 23.2 Å². The van der Waals surface area contributed by atoms with Crippen molar-refractivity contribution in [2.45, 2.75) is 12.8 Å². The fraction of sp³-hybridized carbons (Fsp3) is 0.350. The maximum Gasteiger partial charge on any atom is 0.219 e. The number of amides is 1. The Bertz CT molecular complexity index is 963. The van der Waals surface area contributed by atoms with Gasteiger partial charge in [-0.1, -0.05) is 35.9 Å². The second kappa shape index (κ2) is 6.88. The van der Waals surface area contributed by atoms with Gasteiger partial charge in [-0.05, 0) is 17.2 Å². The number of halogens is 1. The second-order valence-electron chi connectivity index (χ2n) is 6.74. The molecule has 1 fully saturated rings. The molecule has 1 aliphatic carbocycles. The highest BCUT2D eigenvalue weighted by Crippen LogP contribution is 2.54. The van der Waals surface area contributed by atoms with Gasteiger partial charge in [-0.3, -0.25) is 4.79 Å². The van der Waals surface area contributed by atoms with Gasteiger partial charge in [0, 0.05) is 36.9 Å². The van der Waals surface area contributed by atoms with Crippen molar-refractivity contribution in [2.24, 2.45) is 17.3 Å². The van der Waals surface area contributed by atoms with Crippen molar-refractivity contribution in [1.82, 2.24) is 4.90 Å². The van der Waals surface area contributed by atoms with E-state index in [2.05, 4.69) is 6.07 Å². The summed E-state index contributed by atoms with van der Waals surface area (Å²) in [6, 6.07) is 13.0. The lowest BCUT2D eigenvalue weighted by Crippen LogP contribution is -2.53. The molecule has 1 heterocycles. The molecule has 0 saturated heterocycles. The van der Waals surface area contributed by atoms with Gasteiger partial charge >= 0.3 is 0 Å². The molecule has 1 saturated carbocycles. The summed E-state index contributed by atoms with van der Waals surface area (Å²) >= 11 is 6.39. The highest BCUT2D eigenvalue weighted by atomic mass is 35.5. The van der Waals surface area contributed by atoms with E-state index in [-0.39, 0.29) is 18.2 Å². The van der Waals surface area contributed by atoms with E-state index in [0.29, 0.717) is 22.7 Å². The minimum absolute atomic E-state index is 0.128. The van der Waals surface area contributed by atoms with Crippen molar-refractivity contribution < 1.29 is 4.79 Å². The Labute approximate surface area is 162 Å². The lowest BCUT2D eigenvalue weighted by atomic mass is 9.54. The number of nitrogens with one attached hydrogen (secondary N) is 1. The monoisotopic (exact) mass is 377 g/mol. The molecular weight excluding hydrogens is 362 g/mol. The van der Waals surface area contributed by atoms with Crippen LogP contribution in [-0.4, -0.2) is 29.6 Å². The predicted octanol–water partition coefficient (Wildman–Crippen LogP) is 3.04. The van der Waals surface area contributed by atoms with Gasteiger partial charge in [0.25, 0.3) is 0 Å². The average Bonchev–Trinajstić information content (AvgIpc) is 2.67. The minimum Gasteiger partial charge on any atom is -0.339 e. The van der Waals surface area contributed by atoms with Gasteiger partial charge in [0.2, 0.25) is 5.91 Å². The van der Waals surface area contributed by atoms with Crippen molar-refractivity contribution in [1.29, 1.82) is 21.2 Å². The van der Waals surface area contributed by atoms with Crippen LogP contribution in [0.25, 0.3) is 0 Å². The van der Waals surface area contributed by atoms with E-state index >= 15 is 0 Å². The van der Waals surface area contributed by atoms with Gasteiger partial charge in [-0.15, -0.1) is 0 Å². The Hall–Kier alpha value is -3.14. The largest absolute Gasteiger partial charge is 0.339 e. The molecule has 2 aliphatic rings. The number of rotatable bonds is 1. The van der Waals surface area contributed by atoms with Crippen LogP contribution in [0.3, 0.4) is 0 Å². The number of nitrogens with zero attached hydrogens (tertiary/aromatic N) is 4. The summed E-state index contributed by atoms with van der Waals surface area (Å²) in [5, 5.41) is 38.5. The van der Waals surface area contributed by atoms with E-state index in [4.69, 9.17) is 17.0 Å². The third-order valence-corrected chi connectivity index (χ3v) is 5.82. The normalized spacial score (nSPS) is 26.0. The van der Waals surface area contributed by atoms with Crippen molar-refractivity contribution in [3.63, 3.8) is 0 Å². The molecule has 1 aliphatic heterocycles. The smallest absolute Gasteiger partial charge is 0.219 e. The first-order chi connectivity index (χ1) is 12.9. The van der Waals surface area contributed by atoms with Gasteiger partial charge in [-0.25, -0.2) is 0 Å². The lowest BCUT2D eigenvalue weighted by molar-refractivity contribution is -0.129. The number of fused-ring (bicyclic) bond motifs is 1. The average molecular weight is 378 g/mol. The molecule has 1 aromatic carbocycles. The van der Waals surface area contributed by atoms with Gasteiger partial charge < -0.3 is 10.3 Å². The SMILES string of the molecule is CC(=O)N1CC=C2C(C#N)C(=N)C(C#N)(C#N)[C@@H](c3ccccc3Cl)[C@H]2C1. The van der Waals surface area contributed by atoms with Crippen molar-refractivity contribution >= 4 is 23.2 Å². The van der Waals surface area contributed by atoms with Crippen LogP contribution in [0.2, 0.25) is 5.02 Å². The fourth-order valence-corrected chi connectivity index (χ4v) is 4.39. The predicted molar refractivity (Wildman–Crippen MR) is 98.5 cm³/mol. The highest BCUT2D eigenvalue weighted by molar-refractivity contribution is 6.31. The van der Waals surface area contributed by atoms with Gasteiger partial charge in [-0.2, -0.15) is 15.8 Å². The molecule has 27 heavy (non-hydrogen) atoms. The molecule has 3 atom stereocenters. The van der Waals surface area contributed by atoms with E-state index in [0.717, 1.165) is 0 Å². The number of nitriles is 3. The van der Waals surface area contributed by atoms with Gasteiger partial charge in [0.05, 0.1) is 23.9 Å². The summed E-state index contributed by atoms with van der Waals surface area (Å²) in [6.07, 6.45) is 1.78. The third-order valence-electron chi connectivity index (χ3n) is 5.48. The molecule has 6 nitrogen and oxygen atoms in total. The maximum absolute atomic E-state index is 11.9. The number of benzene rings is 1. The Morgan fingerprint density at radius 2 is 1.96 bits per heavy atom. The Balaban J connectivity index is 2.29. The van der Waals surface area contributed by atoms with Crippen LogP contribution in [0.4, 0.5) is 0 Å². The van der Waals surface area contributed by atoms with Crippen LogP contribution in [0, 0.1) is 56.7 Å². The molecule has 7 heteroatoms. The summed E-state index contributed by atoms with van der Waals surface area (Å²) in [5.41, 5.74) is -0.790. The summed E-state index contributed by atoms with van der Waals surface area (Å²) in [6.45, 7) is 2.07. The minimum atomic E-state index is -1.83. The molecule has 3 rings (SSSR count). The number of hydrogen-bond acceptors (Lipinski definition) is 5. The zero-order chi connectivity index (χ0) is 19.8. The Morgan fingerprint density at radius 1 is 1.30 bits per heavy atom. The van der Waals surface area contributed by atoms with Crippen LogP contribution in [-0.2, 0) is 4.79 Å². The zero-order valence-electron chi connectivity index (χ0n) is 14.6. The first kappa shape index (κ1) is 18.6. The first-order valence-electron chi connectivity index (χ1n) is 8.42. The molecule has 1 unspecified atom stereocenters. The lowest BCUT2D eigenvalue weighted by Gasteiger charge is -2.47. The molecule has 0 spiro atoms. The fourth-order valence-electron chi connectivity index (χ4n) is 4.14. The van der Waals surface area contributed by atoms with Crippen LogP contribution in [0.5, 0.6) is 0 Å². The van der Waals surface area contributed by atoms with E-state index in [1.165, 1.54) is 6.92 Å². The summed E-state index contributed by atoms with van der Waals surface area (Å²) in [4.78, 5) is 13.5. The van der Waals surface area contributed by atoms with Crippen LogP contribution >= 0.6 is 11.6 Å². The first-order valence-corrected chi connectivity index (χ1v) is 8.80. The van der Waals surface area contributed by atoms with Gasteiger partial charge in [0.15, 0.2) is 5.41 Å². The Kier molecular flexibility index (Phi) is 4.75. The third kappa shape index (κ3) is 2.69. The summed E-state index contributed by atoms with van der Waals surface area (Å²) < 4.78 is 0. The molecule has 1 N–H and O–H groups in total. The van der Waals surface area contributed by atoms with Crippen LogP contribution in [0.1, 0.15) is 18.4 Å². The van der Waals surface area contributed by atoms with E-state index in [1.807, 2.05) is 12.1 Å². The molecule has 0 radical (unpaired) electrons. The summed E-state index contributed by atoms with van der Waals surface area (Å²) in [7, 11) is 0. The molecule has 1 aromatic rings. The highest BCUT2D eigenvalue weighted by Gasteiger charge is 2.58. The molecule has 0 bridgehead atoms. The standard InChI is InChI=1S/C20H16ClN5O/c1-12(27)26-7-6-13-15(8-22)19(25)20(10-23,11-24)18(16(13)9-26)14-4-2-3-5-17(14)21/h2-6,15-16,18,25H,7,9H2,1H3/t15?,16-,18-/m0/s1. The number of hydrogen-bond donors (Lipinski definition) is 1. The summed E-state index contributed by atoms with van der Waals surface area (Å²) in [5.74, 6) is -2.27. The van der Waals surface area contributed by atoms with E-state index in [9.17, 15) is 20.6 Å². The second-order valence-corrected chi connectivity index (χ2v) is 7.15. The van der Waals surface area contributed by atoms with Crippen molar-refractivity contribution in [2.75, 3.05) is 13.1 Å². The maximum atomic E-state index is 11.9. The molecule has 1 amide bonds. The van der Waals surface area contributed by atoms with Crippen LogP contribution < -0.4 is 0 Å². The van der Waals surface area contributed by atoms with Crippen molar-refractivity contribution in [3.05, 3.63) is 46.5 Å². The quantitative estimate of drug-likeness (QED) is 0.757. The topological polar surface area (TPSA) is 116 Å². The van der Waals surface area contributed by atoms with Gasteiger partial charge in [0.1, 0.15) is 5.92 Å². The van der Waals surface area contributed by atoms with E-state index in [1.54, 1.807) is 35.2 Å².